The number of hydrogen-bond acceptors (Lipinski definition) is 5. The van der Waals surface area contributed by atoms with E-state index in [1.54, 1.807) is 25.2 Å². The zero-order chi connectivity index (χ0) is 24.8. The summed E-state index contributed by atoms with van der Waals surface area (Å²) in [5, 5.41) is 0.921. The van der Waals surface area contributed by atoms with Gasteiger partial charge in [-0.25, -0.2) is 13.4 Å². The van der Waals surface area contributed by atoms with Crippen molar-refractivity contribution in [3.63, 3.8) is 0 Å². The van der Waals surface area contributed by atoms with E-state index < -0.39 is 21.8 Å². The predicted molar refractivity (Wildman–Crippen MR) is 122 cm³/mol. The quantitative estimate of drug-likeness (QED) is 0.531. The summed E-state index contributed by atoms with van der Waals surface area (Å²) in [4.78, 5) is 19.2. The van der Waals surface area contributed by atoms with Crippen LogP contribution in [0.1, 0.15) is 24.4 Å². The summed E-state index contributed by atoms with van der Waals surface area (Å²) in [6, 6.07) is 8.10. The van der Waals surface area contributed by atoms with Crippen molar-refractivity contribution in [3.05, 3.63) is 69.2 Å². The van der Waals surface area contributed by atoms with Crippen LogP contribution in [0.25, 0.3) is 10.9 Å². The third-order valence-corrected chi connectivity index (χ3v) is 8.24. The van der Waals surface area contributed by atoms with Gasteiger partial charge in [-0.05, 0) is 49.4 Å². The molecule has 4 rings (SSSR count). The smallest absolute Gasteiger partial charge is 0.298 e. The number of piperazine rings is 1. The minimum Gasteiger partial charge on any atom is -0.298 e. The molecule has 1 aliphatic rings. The van der Waals surface area contributed by atoms with Gasteiger partial charge in [0.2, 0.25) is 10.0 Å². The van der Waals surface area contributed by atoms with Crippen LogP contribution < -0.4 is 5.56 Å². The maximum atomic E-state index is 12.9. The summed E-state index contributed by atoms with van der Waals surface area (Å²) in [5.74, 6) is 0.527. The van der Waals surface area contributed by atoms with Gasteiger partial charge in [-0.3, -0.25) is 14.3 Å². The second kappa shape index (κ2) is 8.95. The van der Waals surface area contributed by atoms with E-state index in [-0.39, 0.29) is 29.6 Å². The molecule has 0 bridgehead atoms. The van der Waals surface area contributed by atoms with E-state index in [4.69, 9.17) is 11.6 Å². The number of sulfonamides is 1. The highest BCUT2D eigenvalue weighted by Crippen LogP contribution is 2.30. The number of alkyl halides is 3. The normalized spacial score (nSPS) is 17.2. The number of benzene rings is 2. The van der Waals surface area contributed by atoms with Crippen molar-refractivity contribution in [2.24, 2.45) is 7.05 Å². The lowest BCUT2D eigenvalue weighted by Gasteiger charge is -2.37. The first-order valence-electron chi connectivity index (χ1n) is 10.5. The average molecular weight is 515 g/mol. The average Bonchev–Trinajstić information content (AvgIpc) is 2.80. The number of hydrogen-bond donors (Lipinski definition) is 0. The standard InChI is InChI=1S/C22H22ClF3N4O3S/c1-14(20-27-19-13-16(23)5-8-18(19)21(31)28(20)2)29-9-11-30(12-10-29)34(32,33)17-6-3-15(4-7-17)22(24,25)26/h3-8,13-14H,9-12H2,1-2H3. The van der Waals surface area contributed by atoms with Gasteiger partial charge >= 0.3 is 6.18 Å². The highest BCUT2D eigenvalue weighted by atomic mass is 35.5. The Bertz CT molecular complexity index is 1380. The second-order valence-electron chi connectivity index (χ2n) is 8.13. The van der Waals surface area contributed by atoms with Crippen molar-refractivity contribution < 1.29 is 21.6 Å². The fraction of sp³-hybridized carbons (Fsp3) is 0.364. The summed E-state index contributed by atoms with van der Waals surface area (Å²) in [7, 11) is -2.29. The van der Waals surface area contributed by atoms with Crippen LogP contribution in [0.3, 0.4) is 0 Å². The molecule has 0 amide bonds. The van der Waals surface area contributed by atoms with E-state index in [2.05, 4.69) is 4.98 Å². The number of fused-ring (bicyclic) bond motifs is 1. The zero-order valence-electron chi connectivity index (χ0n) is 18.4. The van der Waals surface area contributed by atoms with Gasteiger partial charge in [0.25, 0.3) is 5.56 Å². The Kier molecular flexibility index (Phi) is 6.49. The van der Waals surface area contributed by atoms with E-state index in [9.17, 15) is 26.4 Å². The van der Waals surface area contributed by atoms with Crippen LogP contribution in [0.5, 0.6) is 0 Å². The Morgan fingerprint density at radius 1 is 1.03 bits per heavy atom. The van der Waals surface area contributed by atoms with Gasteiger partial charge in [-0.15, -0.1) is 0 Å². The van der Waals surface area contributed by atoms with Gasteiger partial charge in [0.15, 0.2) is 0 Å². The Hall–Kier alpha value is -2.47. The molecule has 1 aliphatic heterocycles. The first-order valence-corrected chi connectivity index (χ1v) is 12.3. The van der Waals surface area contributed by atoms with Crippen LogP contribution in [0.2, 0.25) is 5.02 Å². The van der Waals surface area contributed by atoms with Gasteiger partial charge in [0, 0.05) is 38.2 Å². The molecule has 1 atom stereocenters. The van der Waals surface area contributed by atoms with Crippen molar-refractivity contribution in [2.45, 2.75) is 24.0 Å². The van der Waals surface area contributed by atoms with Gasteiger partial charge < -0.3 is 0 Å². The van der Waals surface area contributed by atoms with E-state index in [0.29, 0.717) is 34.8 Å². The molecule has 1 unspecified atom stereocenters. The van der Waals surface area contributed by atoms with Crippen molar-refractivity contribution in [1.29, 1.82) is 0 Å². The molecule has 2 aromatic carbocycles. The minimum atomic E-state index is -4.54. The van der Waals surface area contributed by atoms with Gasteiger partial charge in [0.1, 0.15) is 5.82 Å². The lowest BCUT2D eigenvalue weighted by molar-refractivity contribution is -0.137. The first-order chi connectivity index (χ1) is 15.9. The third kappa shape index (κ3) is 4.57. The lowest BCUT2D eigenvalue weighted by atomic mass is 10.2. The van der Waals surface area contributed by atoms with Crippen LogP contribution in [0, 0.1) is 0 Å². The first kappa shape index (κ1) is 24.6. The Morgan fingerprint density at radius 3 is 2.24 bits per heavy atom. The second-order valence-corrected chi connectivity index (χ2v) is 10.5. The highest BCUT2D eigenvalue weighted by Gasteiger charge is 2.33. The van der Waals surface area contributed by atoms with Crippen LogP contribution >= 0.6 is 11.6 Å². The zero-order valence-corrected chi connectivity index (χ0v) is 20.0. The number of rotatable bonds is 4. The van der Waals surface area contributed by atoms with Gasteiger partial charge in [-0.2, -0.15) is 17.5 Å². The molecule has 34 heavy (non-hydrogen) atoms. The molecule has 3 aromatic rings. The largest absolute Gasteiger partial charge is 0.416 e. The summed E-state index contributed by atoms with van der Waals surface area (Å²) in [6.07, 6.45) is -4.54. The maximum Gasteiger partial charge on any atom is 0.416 e. The summed E-state index contributed by atoms with van der Waals surface area (Å²) >= 11 is 6.05. The number of aromatic nitrogens is 2. The molecule has 1 fully saturated rings. The van der Waals surface area contributed by atoms with Crippen molar-refractivity contribution in [2.75, 3.05) is 26.2 Å². The van der Waals surface area contributed by atoms with Gasteiger partial charge in [-0.1, -0.05) is 11.6 Å². The fourth-order valence-electron chi connectivity index (χ4n) is 4.09. The van der Waals surface area contributed by atoms with Crippen LogP contribution in [-0.2, 0) is 23.2 Å². The molecule has 0 N–H and O–H groups in total. The summed E-state index contributed by atoms with van der Waals surface area (Å²) < 4.78 is 67.0. The molecule has 1 aromatic heterocycles. The van der Waals surface area contributed by atoms with Crippen LogP contribution in [0.4, 0.5) is 13.2 Å². The minimum absolute atomic E-state index is 0.154. The molecular formula is C22H22ClF3N4O3S. The molecule has 12 heteroatoms. The Balaban J connectivity index is 1.51. The molecule has 0 radical (unpaired) electrons. The number of halogens is 4. The molecule has 1 saturated heterocycles. The molecule has 0 aliphatic carbocycles. The molecule has 0 saturated carbocycles. The maximum absolute atomic E-state index is 12.9. The molecule has 0 spiro atoms. The Morgan fingerprint density at radius 2 is 1.65 bits per heavy atom. The van der Waals surface area contributed by atoms with Crippen LogP contribution in [0.15, 0.2) is 52.2 Å². The highest BCUT2D eigenvalue weighted by molar-refractivity contribution is 7.89. The van der Waals surface area contributed by atoms with E-state index in [1.807, 2.05) is 11.8 Å². The fourth-order valence-corrected chi connectivity index (χ4v) is 5.68. The molecular weight excluding hydrogens is 493 g/mol. The monoisotopic (exact) mass is 514 g/mol. The van der Waals surface area contributed by atoms with Crippen molar-refractivity contribution in [3.8, 4) is 0 Å². The SMILES string of the molecule is CC(c1nc2cc(Cl)ccc2c(=O)n1C)N1CCN(S(=O)(=O)c2ccc(C(F)(F)F)cc2)CC1. The van der Waals surface area contributed by atoms with Gasteiger partial charge in [0.05, 0.1) is 27.4 Å². The summed E-state index contributed by atoms with van der Waals surface area (Å²) in [5.41, 5.74) is -0.618. The molecule has 182 valence electrons. The predicted octanol–water partition coefficient (Wildman–Crippen LogP) is 3.67. The van der Waals surface area contributed by atoms with Crippen LogP contribution in [-0.4, -0.2) is 53.4 Å². The Labute approximate surface area is 199 Å². The van der Waals surface area contributed by atoms with E-state index >= 15 is 0 Å². The molecule has 7 nitrogen and oxygen atoms in total. The van der Waals surface area contributed by atoms with E-state index in [1.165, 1.54) is 8.87 Å². The topological polar surface area (TPSA) is 75.5 Å². The van der Waals surface area contributed by atoms with Crippen molar-refractivity contribution >= 4 is 32.5 Å². The van der Waals surface area contributed by atoms with E-state index in [0.717, 1.165) is 24.3 Å². The lowest BCUT2D eigenvalue weighted by Crippen LogP contribution is -2.49. The van der Waals surface area contributed by atoms with Crippen molar-refractivity contribution in [1.82, 2.24) is 18.8 Å². The number of nitrogens with zero attached hydrogens (tertiary/aromatic N) is 4. The third-order valence-electron chi connectivity index (χ3n) is 6.09. The summed E-state index contributed by atoms with van der Waals surface area (Å²) in [6.45, 7) is 2.93. The molecule has 2 heterocycles.